The Hall–Kier alpha value is -1.65. The third kappa shape index (κ3) is 5.92. The lowest BCUT2D eigenvalue weighted by molar-refractivity contribution is 0.104. The number of benzene rings is 3. The van der Waals surface area contributed by atoms with Crippen LogP contribution < -0.4 is 0 Å². The van der Waals surface area contributed by atoms with Crippen molar-refractivity contribution in [1.82, 2.24) is 0 Å². The Morgan fingerprint density at radius 2 is 1.43 bits per heavy atom. The molecule has 0 aliphatic heterocycles. The van der Waals surface area contributed by atoms with Gasteiger partial charge in [0, 0.05) is 26.3 Å². The first-order chi connectivity index (χ1) is 13.5. The number of thioether (sulfide) groups is 2. The van der Waals surface area contributed by atoms with Crippen LogP contribution in [-0.2, 0) is 5.75 Å². The summed E-state index contributed by atoms with van der Waals surface area (Å²) >= 11 is 15.1. The lowest BCUT2D eigenvalue weighted by Crippen LogP contribution is -2.01. The van der Waals surface area contributed by atoms with Gasteiger partial charge in [0.25, 0.3) is 0 Å². The van der Waals surface area contributed by atoms with E-state index in [-0.39, 0.29) is 5.78 Å². The molecule has 5 heteroatoms. The van der Waals surface area contributed by atoms with Crippen LogP contribution in [0.25, 0.3) is 6.08 Å². The van der Waals surface area contributed by atoms with E-state index in [1.165, 1.54) is 16.7 Å². The predicted molar refractivity (Wildman–Crippen MR) is 125 cm³/mol. The summed E-state index contributed by atoms with van der Waals surface area (Å²) in [7, 11) is 0. The zero-order valence-electron chi connectivity index (χ0n) is 15.2. The SMILES string of the molecule is CSc1ccc(/C=C(/SCc2ccc(Cl)cc2)C(=O)c2ccc(Cl)cc2)cc1. The zero-order chi connectivity index (χ0) is 19.9. The standard InChI is InChI=1S/C23H18Cl2OS2/c1-27-21-12-4-16(5-13-21)14-22(23(26)18-6-10-20(25)11-7-18)28-15-17-2-8-19(24)9-3-17/h2-14H,15H2,1H3/b22-14+. The first-order valence-electron chi connectivity index (χ1n) is 8.58. The van der Waals surface area contributed by atoms with Crippen molar-refractivity contribution in [2.75, 3.05) is 6.26 Å². The molecule has 0 fully saturated rings. The molecule has 0 bridgehead atoms. The van der Waals surface area contributed by atoms with Crippen LogP contribution in [0.3, 0.4) is 0 Å². The van der Waals surface area contributed by atoms with E-state index < -0.39 is 0 Å². The Labute approximate surface area is 184 Å². The molecule has 0 aliphatic rings. The van der Waals surface area contributed by atoms with Crippen molar-refractivity contribution >= 4 is 58.6 Å². The second kappa shape index (κ2) is 10.2. The van der Waals surface area contributed by atoms with Crippen molar-refractivity contribution in [2.24, 2.45) is 0 Å². The summed E-state index contributed by atoms with van der Waals surface area (Å²) in [6, 6.07) is 22.9. The van der Waals surface area contributed by atoms with Crippen LogP contribution in [0.1, 0.15) is 21.5 Å². The molecule has 3 rings (SSSR count). The number of allylic oxidation sites excluding steroid dienone is 1. The minimum absolute atomic E-state index is 0.00965. The molecular formula is C23H18Cl2OS2. The Morgan fingerprint density at radius 1 is 0.857 bits per heavy atom. The van der Waals surface area contributed by atoms with Gasteiger partial charge in [0.1, 0.15) is 0 Å². The van der Waals surface area contributed by atoms with E-state index in [1.54, 1.807) is 36.0 Å². The van der Waals surface area contributed by atoms with E-state index in [0.717, 1.165) is 11.1 Å². The molecule has 1 nitrogen and oxygen atoms in total. The van der Waals surface area contributed by atoms with E-state index in [9.17, 15) is 4.79 Å². The molecular weight excluding hydrogens is 427 g/mol. The predicted octanol–water partition coefficient (Wildman–Crippen LogP) is 7.87. The van der Waals surface area contributed by atoms with Crippen molar-refractivity contribution in [3.63, 3.8) is 0 Å². The van der Waals surface area contributed by atoms with Crippen LogP contribution in [0.2, 0.25) is 10.0 Å². The van der Waals surface area contributed by atoms with E-state index in [0.29, 0.717) is 26.3 Å². The minimum atomic E-state index is -0.00965. The van der Waals surface area contributed by atoms with Gasteiger partial charge in [0.15, 0.2) is 5.78 Å². The van der Waals surface area contributed by atoms with Gasteiger partial charge in [-0.2, -0.15) is 0 Å². The van der Waals surface area contributed by atoms with Gasteiger partial charge in [-0.1, -0.05) is 47.5 Å². The molecule has 3 aromatic carbocycles. The molecule has 0 unspecified atom stereocenters. The van der Waals surface area contributed by atoms with Gasteiger partial charge in [0.05, 0.1) is 4.91 Å². The highest BCUT2D eigenvalue weighted by molar-refractivity contribution is 8.03. The maximum atomic E-state index is 13.1. The van der Waals surface area contributed by atoms with Gasteiger partial charge in [-0.05, 0) is 72.0 Å². The first kappa shape index (κ1) is 21.1. The van der Waals surface area contributed by atoms with Gasteiger partial charge in [-0.15, -0.1) is 23.5 Å². The molecule has 3 aromatic rings. The van der Waals surface area contributed by atoms with E-state index in [2.05, 4.69) is 12.1 Å². The number of hydrogen-bond acceptors (Lipinski definition) is 3. The quantitative estimate of drug-likeness (QED) is 0.209. The Balaban J connectivity index is 1.87. The fourth-order valence-electron chi connectivity index (χ4n) is 2.51. The number of halogens is 2. The fraction of sp³-hybridized carbons (Fsp3) is 0.0870. The average molecular weight is 445 g/mol. The summed E-state index contributed by atoms with van der Waals surface area (Å²) in [5.41, 5.74) is 2.74. The van der Waals surface area contributed by atoms with Crippen molar-refractivity contribution in [2.45, 2.75) is 10.6 Å². The highest BCUT2D eigenvalue weighted by atomic mass is 35.5. The molecule has 0 saturated heterocycles. The van der Waals surface area contributed by atoms with Crippen LogP contribution in [0.5, 0.6) is 0 Å². The average Bonchev–Trinajstić information content (AvgIpc) is 2.73. The first-order valence-corrected chi connectivity index (χ1v) is 11.5. The van der Waals surface area contributed by atoms with Crippen molar-refractivity contribution in [1.29, 1.82) is 0 Å². The van der Waals surface area contributed by atoms with Gasteiger partial charge in [-0.3, -0.25) is 4.79 Å². The lowest BCUT2D eigenvalue weighted by Gasteiger charge is -2.08. The monoisotopic (exact) mass is 444 g/mol. The maximum absolute atomic E-state index is 13.1. The molecule has 0 saturated carbocycles. The van der Waals surface area contributed by atoms with E-state index in [1.807, 2.05) is 48.7 Å². The van der Waals surface area contributed by atoms with Crippen LogP contribution in [0.15, 0.2) is 82.6 Å². The largest absolute Gasteiger partial charge is 0.288 e. The van der Waals surface area contributed by atoms with E-state index in [4.69, 9.17) is 23.2 Å². The molecule has 0 amide bonds. The van der Waals surface area contributed by atoms with Crippen molar-refractivity contribution in [3.8, 4) is 0 Å². The number of carbonyl (C=O) groups is 1. The number of rotatable bonds is 7. The number of carbonyl (C=O) groups excluding carboxylic acids is 1. The highest BCUT2D eigenvalue weighted by Gasteiger charge is 2.14. The normalized spacial score (nSPS) is 11.5. The second-order valence-corrected chi connectivity index (χ2v) is 8.80. The van der Waals surface area contributed by atoms with Gasteiger partial charge in [0.2, 0.25) is 0 Å². The summed E-state index contributed by atoms with van der Waals surface area (Å²) in [5, 5.41) is 1.32. The van der Waals surface area contributed by atoms with Crippen molar-refractivity contribution in [3.05, 3.63) is 104 Å². The summed E-state index contributed by atoms with van der Waals surface area (Å²) in [6.07, 6.45) is 3.99. The Morgan fingerprint density at radius 3 is 2.00 bits per heavy atom. The molecule has 142 valence electrons. The maximum Gasteiger partial charge on any atom is 0.199 e. The topological polar surface area (TPSA) is 17.1 Å². The summed E-state index contributed by atoms with van der Waals surface area (Å²) in [5.74, 6) is 0.676. The molecule has 0 heterocycles. The summed E-state index contributed by atoms with van der Waals surface area (Å²) in [4.78, 5) is 15.0. The smallest absolute Gasteiger partial charge is 0.199 e. The molecule has 0 atom stereocenters. The second-order valence-electron chi connectivity index (χ2n) is 6.03. The third-order valence-corrected chi connectivity index (χ3v) is 6.39. The lowest BCUT2D eigenvalue weighted by atomic mass is 10.1. The number of Topliss-reactive ketones (excluding diaryl/α,β-unsaturated/α-hetero) is 1. The third-order valence-electron chi connectivity index (χ3n) is 4.05. The number of hydrogen-bond donors (Lipinski definition) is 0. The summed E-state index contributed by atoms with van der Waals surface area (Å²) in [6.45, 7) is 0. The van der Waals surface area contributed by atoms with Crippen LogP contribution in [0.4, 0.5) is 0 Å². The Bertz CT molecular complexity index is 963. The Kier molecular flexibility index (Phi) is 7.69. The van der Waals surface area contributed by atoms with Crippen LogP contribution >= 0.6 is 46.7 Å². The van der Waals surface area contributed by atoms with Gasteiger partial charge >= 0.3 is 0 Å². The van der Waals surface area contributed by atoms with Gasteiger partial charge in [-0.25, -0.2) is 0 Å². The summed E-state index contributed by atoms with van der Waals surface area (Å²) < 4.78 is 0. The van der Waals surface area contributed by atoms with Crippen molar-refractivity contribution < 1.29 is 4.79 Å². The van der Waals surface area contributed by atoms with Gasteiger partial charge < -0.3 is 0 Å². The number of ketones is 1. The minimum Gasteiger partial charge on any atom is -0.288 e. The molecule has 0 radical (unpaired) electrons. The van der Waals surface area contributed by atoms with Crippen LogP contribution in [-0.4, -0.2) is 12.0 Å². The molecule has 0 aliphatic carbocycles. The molecule has 28 heavy (non-hydrogen) atoms. The molecule has 0 N–H and O–H groups in total. The zero-order valence-corrected chi connectivity index (χ0v) is 18.3. The van der Waals surface area contributed by atoms with E-state index >= 15 is 0 Å². The van der Waals surface area contributed by atoms with Crippen LogP contribution in [0, 0.1) is 0 Å². The fourth-order valence-corrected chi connectivity index (χ4v) is 4.15. The molecule has 0 aromatic heterocycles. The molecule has 0 spiro atoms. The highest BCUT2D eigenvalue weighted by Crippen LogP contribution is 2.28.